The highest BCUT2D eigenvalue weighted by molar-refractivity contribution is 7.89. The lowest BCUT2D eigenvalue weighted by Crippen LogP contribution is -2.50. The summed E-state index contributed by atoms with van der Waals surface area (Å²) in [5, 5.41) is 0. The zero-order chi connectivity index (χ0) is 11.8. The minimum Gasteiger partial charge on any atom is -0.384 e. The van der Waals surface area contributed by atoms with Gasteiger partial charge in [-0.3, -0.25) is 0 Å². The molecule has 16 heavy (non-hydrogen) atoms. The molecule has 1 fully saturated rings. The quantitative estimate of drug-likeness (QED) is 0.822. The zero-order valence-electron chi connectivity index (χ0n) is 9.10. The summed E-state index contributed by atoms with van der Waals surface area (Å²) in [7, 11) is -3.47. The van der Waals surface area contributed by atoms with Crippen molar-refractivity contribution in [1.29, 1.82) is 0 Å². The van der Waals surface area contributed by atoms with E-state index in [2.05, 4.69) is 9.71 Å². The molecule has 0 saturated heterocycles. The second kappa shape index (κ2) is 3.71. The summed E-state index contributed by atoms with van der Waals surface area (Å²) < 4.78 is 26.7. The van der Waals surface area contributed by atoms with E-state index in [4.69, 9.17) is 5.73 Å². The highest BCUT2D eigenvalue weighted by Crippen LogP contribution is 2.32. The molecule has 0 atom stereocenters. The molecule has 1 saturated carbocycles. The summed E-state index contributed by atoms with van der Waals surface area (Å²) in [5.74, 6) is 0.210. The van der Waals surface area contributed by atoms with Gasteiger partial charge in [0.15, 0.2) is 0 Å². The average molecular weight is 241 g/mol. The van der Waals surface area contributed by atoms with Crippen LogP contribution in [-0.2, 0) is 10.0 Å². The summed E-state index contributed by atoms with van der Waals surface area (Å²) >= 11 is 0. The first-order valence-electron chi connectivity index (χ1n) is 5.17. The van der Waals surface area contributed by atoms with E-state index in [0.717, 1.165) is 19.3 Å². The van der Waals surface area contributed by atoms with Crippen molar-refractivity contribution in [3.05, 3.63) is 18.3 Å². The van der Waals surface area contributed by atoms with Crippen molar-refractivity contribution in [2.45, 2.75) is 36.6 Å². The van der Waals surface area contributed by atoms with Crippen molar-refractivity contribution in [1.82, 2.24) is 9.71 Å². The van der Waals surface area contributed by atoms with Gasteiger partial charge in [-0.15, -0.1) is 0 Å². The average Bonchev–Trinajstić information content (AvgIpc) is 2.15. The van der Waals surface area contributed by atoms with Crippen LogP contribution in [-0.4, -0.2) is 18.9 Å². The van der Waals surface area contributed by atoms with Gasteiger partial charge in [-0.25, -0.2) is 18.1 Å². The second-order valence-electron chi connectivity index (χ2n) is 4.44. The van der Waals surface area contributed by atoms with Gasteiger partial charge in [0.1, 0.15) is 5.82 Å². The van der Waals surface area contributed by atoms with Crippen molar-refractivity contribution in [2.75, 3.05) is 5.73 Å². The molecule has 1 aliphatic rings. The highest BCUT2D eigenvalue weighted by Gasteiger charge is 2.36. The molecule has 1 aromatic heterocycles. The Bertz CT molecular complexity index is 495. The fourth-order valence-electron chi connectivity index (χ4n) is 1.79. The third kappa shape index (κ3) is 2.17. The molecular weight excluding hydrogens is 226 g/mol. The summed E-state index contributed by atoms with van der Waals surface area (Å²) in [6, 6.07) is 2.81. The normalized spacial score (nSPS) is 19.1. The molecule has 0 bridgehead atoms. The second-order valence-corrected chi connectivity index (χ2v) is 6.12. The summed E-state index contributed by atoms with van der Waals surface area (Å²) in [6.07, 6.45) is 4.23. The van der Waals surface area contributed by atoms with Crippen LogP contribution < -0.4 is 10.5 Å². The first-order chi connectivity index (χ1) is 7.41. The molecule has 1 aliphatic carbocycles. The van der Waals surface area contributed by atoms with E-state index in [-0.39, 0.29) is 16.3 Å². The monoisotopic (exact) mass is 241 g/mol. The number of rotatable bonds is 3. The van der Waals surface area contributed by atoms with Crippen LogP contribution in [0.5, 0.6) is 0 Å². The number of aromatic nitrogens is 1. The first-order valence-corrected chi connectivity index (χ1v) is 6.65. The predicted molar refractivity (Wildman–Crippen MR) is 61.2 cm³/mol. The summed E-state index contributed by atoms with van der Waals surface area (Å²) in [4.78, 5) is 3.94. The van der Waals surface area contributed by atoms with Gasteiger partial charge in [-0.1, -0.05) is 0 Å². The molecule has 0 aromatic carbocycles. The summed E-state index contributed by atoms with van der Waals surface area (Å²) in [6.45, 7) is 1.92. The number of nitrogen functional groups attached to an aromatic ring is 1. The SMILES string of the molecule is CC1(NS(=O)(=O)c2ccnc(N)c2)CCC1. The van der Waals surface area contributed by atoms with Crippen LogP contribution in [0.15, 0.2) is 23.2 Å². The number of anilines is 1. The number of sulfonamides is 1. The molecule has 0 amide bonds. The van der Waals surface area contributed by atoms with Crippen LogP contribution in [0.25, 0.3) is 0 Å². The van der Waals surface area contributed by atoms with E-state index >= 15 is 0 Å². The molecule has 2 rings (SSSR count). The van der Waals surface area contributed by atoms with Gasteiger partial charge in [-0.05, 0) is 32.3 Å². The Morgan fingerprint density at radius 3 is 2.69 bits per heavy atom. The van der Waals surface area contributed by atoms with Crippen LogP contribution in [0.3, 0.4) is 0 Å². The third-order valence-corrected chi connectivity index (χ3v) is 4.54. The molecule has 0 spiro atoms. The summed E-state index contributed by atoms with van der Waals surface area (Å²) in [5.41, 5.74) is 5.17. The molecule has 6 heteroatoms. The van der Waals surface area contributed by atoms with Gasteiger partial charge in [0.05, 0.1) is 4.90 Å². The Hall–Kier alpha value is -1.14. The van der Waals surface area contributed by atoms with Crippen LogP contribution in [0, 0.1) is 0 Å². The third-order valence-electron chi connectivity index (χ3n) is 2.90. The van der Waals surface area contributed by atoms with Crippen LogP contribution >= 0.6 is 0 Å². The highest BCUT2D eigenvalue weighted by atomic mass is 32.2. The van der Waals surface area contributed by atoms with E-state index in [9.17, 15) is 8.42 Å². The van der Waals surface area contributed by atoms with Gasteiger partial charge >= 0.3 is 0 Å². The fourth-order valence-corrected chi connectivity index (χ4v) is 3.27. The smallest absolute Gasteiger partial charge is 0.241 e. The molecule has 88 valence electrons. The van der Waals surface area contributed by atoms with Crippen molar-refractivity contribution in [2.24, 2.45) is 0 Å². The maximum absolute atomic E-state index is 12.0. The molecule has 0 unspecified atom stereocenters. The van der Waals surface area contributed by atoms with Gasteiger partial charge in [-0.2, -0.15) is 0 Å². The Labute approximate surface area is 95.1 Å². The lowest BCUT2D eigenvalue weighted by atomic mass is 9.80. The van der Waals surface area contributed by atoms with Crippen molar-refractivity contribution in [3.8, 4) is 0 Å². The van der Waals surface area contributed by atoms with E-state index in [1.807, 2.05) is 6.92 Å². The molecule has 0 aliphatic heterocycles. The van der Waals surface area contributed by atoms with Crippen molar-refractivity contribution >= 4 is 15.8 Å². The van der Waals surface area contributed by atoms with E-state index in [0.29, 0.717) is 0 Å². The van der Waals surface area contributed by atoms with Gasteiger partial charge in [0, 0.05) is 17.8 Å². The number of nitrogens with one attached hydrogen (secondary N) is 1. The van der Waals surface area contributed by atoms with Crippen LogP contribution in [0.4, 0.5) is 5.82 Å². The molecule has 5 nitrogen and oxygen atoms in total. The zero-order valence-corrected chi connectivity index (χ0v) is 9.92. The lowest BCUT2D eigenvalue weighted by Gasteiger charge is -2.38. The lowest BCUT2D eigenvalue weighted by molar-refractivity contribution is 0.248. The Morgan fingerprint density at radius 2 is 2.19 bits per heavy atom. The van der Waals surface area contributed by atoms with Gasteiger partial charge in [0.25, 0.3) is 0 Å². The standard InChI is InChI=1S/C10H15N3O2S/c1-10(4-2-5-10)13-16(14,15)8-3-6-12-9(11)7-8/h3,6-7,13H,2,4-5H2,1H3,(H2,11,12). The molecule has 1 heterocycles. The van der Waals surface area contributed by atoms with E-state index in [1.54, 1.807) is 0 Å². The number of pyridine rings is 1. The molecule has 1 aromatic rings. The van der Waals surface area contributed by atoms with Crippen molar-refractivity contribution < 1.29 is 8.42 Å². The fraction of sp³-hybridized carbons (Fsp3) is 0.500. The van der Waals surface area contributed by atoms with Gasteiger partial charge in [0.2, 0.25) is 10.0 Å². The van der Waals surface area contributed by atoms with Crippen molar-refractivity contribution in [3.63, 3.8) is 0 Å². The Kier molecular flexibility index (Phi) is 2.63. The van der Waals surface area contributed by atoms with Crippen LogP contribution in [0.1, 0.15) is 26.2 Å². The molecular formula is C10H15N3O2S. The van der Waals surface area contributed by atoms with Crippen LogP contribution in [0.2, 0.25) is 0 Å². The first kappa shape index (κ1) is 11.3. The Morgan fingerprint density at radius 1 is 1.50 bits per heavy atom. The number of nitrogens with two attached hydrogens (primary N) is 1. The predicted octanol–water partition coefficient (Wildman–Crippen LogP) is 0.885. The van der Waals surface area contributed by atoms with E-state index in [1.165, 1.54) is 18.3 Å². The number of nitrogens with zero attached hydrogens (tertiary/aromatic N) is 1. The van der Waals surface area contributed by atoms with E-state index < -0.39 is 10.0 Å². The number of hydrogen-bond donors (Lipinski definition) is 2. The maximum Gasteiger partial charge on any atom is 0.241 e. The minimum atomic E-state index is -3.47. The number of hydrogen-bond acceptors (Lipinski definition) is 4. The molecule has 3 N–H and O–H groups in total. The van der Waals surface area contributed by atoms with Gasteiger partial charge < -0.3 is 5.73 Å². The Balaban J connectivity index is 2.25. The molecule has 0 radical (unpaired) electrons. The topological polar surface area (TPSA) is 85.1 Å². The maximum atomic E-state index is 12.0. The largest absolute Gasteiger partial charge is 0.384 e. The minimum absolute atomic E-state index is 0.174.